The van der Waals surface area contributed by atoms with Gasteiger partial charge in [-0.3, -0.25) is 4.79 Å². The van der Waals surface area contributed by atoms with Crippen LogP contribution in [0.2, 0.25) is 0 Å². The van der Waals surface area contributed by atoms with E-state index >= 15 is 0 Å². The number of aliphatic hydroxyl groups is 1. The van der Waals surface area contributed by atoms with Gasteiger partial charge in [-0.25, -0.2) is 0 Å². The lowest BCUT2D eigenvalue weighted by Gasteiger charge is -2.30. The highest BCUT2D eigenvalue weighted by Gasteiger charge is 2.49. The van der Waals surface area contributed by atoms with Gasteiger partial charge in [-0.1, -0.05) is 13.8 Å². The minimum absolute atomic E-state index is 0.0220. The average Bonchev–Trinajstić information content (AvgIpc) is 2.84. The van der Waals surface area contributed by atoms with E-state index in [9.17, 15) is 9.90 Å². The summed E-state index contributed by atoms with van der Waals surface area (Å²) in [5, 5.41) is 13.1. The first-order chi connectivity index (χ1) is 8.80. The molecule has 0 aliphatic heterocycles. The van der Waals surface area contributed by atoms with Crippen molar-refractivity contribution in [2.24, 2.45) is 29.4 Å². The van der Waals surface area contributed by atoms with Crippen molar-refractivity contribution in [1.29, 1.82) is 0 Å². The average molecular weight is 268 g/mol. The van der Waals surface area contributed by atoms with Crippen molar-refractivity contribution in [2.75, 3.05) is 6.54 Å². The Hall–Kier alpha value is -0.610. The normalized spacial score (nSPS) is 36.5. The summed E-state index contributed by atoms with van der Waals surface area (Å²) in [7, 11) is 0. The summed E-state index contributed by atoms with van der Waals surface area (Å²) in [4.78, 5) is 12.3. The lowest BCUT2D eigenvalue weighted by Crippen LogP contribution is -2.49. The first-order valence-electron chi connectivity index (χ1n) is 7.56. The maximum atomic E-state index is 12.3. The molecule has 110 valence electrons. The van der Waals surface area contributed by atoms with E-state index in [0.29, 0.717) is 30.7 Å². The molecule has 0 aromatic carbocycles. The Balaban J connectivity index is 1.85. The first-order valence-corrected chi connectivity index (χ1v) is 7.56. The van der Waals surface area contributed by atoms with E-state index in [2.05, 4.69) is 19.2 Å². The molecule has 4 nitrogen and oxygen atoms in total. The largest absolute Gasteiger partial charge is 0.388 e. The fraction of sp³-hybridized carbons (Fsp3) is 0.933. The molecule has 0 aromatic heterocycles. The van der Waals surface area contributed by atoms with Crippen LogP contribution in [0, 0.1) is 23.7 Å². The minimum atomic E-state index is -0.828. The second-order valence-corrected chi connectivity index (χ2v) is 7.25. The third-order valence-electron chi connectivity index (χ3n) is 4.77. The van der Waals surface area contributed by atoms with E-state index in [1.807, 2.05) is 0 Å². The monoisotopic (exact) mass is 268 g/mol. The molecule has 0 heterocycles. The van der Waals surface area contributed by atoms with Crippen molar-refractivity contribution in [3.63, 3.8) is 0 Å². The lowest BCUT2D eigenvalue weighted by atomic mass is 9.84. The van der Waals surface area contributed by atoms with Crippen LogP contribution in [0.5, 0.6) is 0 Å². The Morgan fingerprint density at radius 2 is 2.05 bits per heavy atom. The summed E-state index contributed by atoms with van der Waals surface area (Å²) in [5.41, 5.74) is 5.33. The van der Waals surface area contributed by atoms with Crippen LogP contribution in [0.1, 0.15) is 46.5 Å². The maximum absolute atomic E-state index is 12.3. The summed E-state index contributed by atoms with van der Waals surface area (Å²) in [6.07, 6.45) is 4.12. The quantitative estimate of drug-likeness (QED) is 0.703. The van der Waals surface area contributed by atoms with Gasteiger partial charge in [0.2, 0.25) is 5.91 Å². The van der Waals surface area contributed by atoms with E-state index in [-0.39, 0.29) is 17.9 Å². The Morgan fingerprint density at radius 1 is 1.42 bits per heavy atom. The van der Waals surface area contributed by atoms with Gasteiger partial charge in [0.1, 0.15) is 0 Å². The molecule has 19 heavy (non-hydrogen) atoms. The molecule has 2 rings (SSSR count). The summed E-state index contributed by atoms with van der Waals surface area (Å²) < 4.78 is 0. The molecule has 2 aliphatic carbocycles. The third kappa shape index (κ3) is 3.29. The molecule has 2 fully saturated rings. The van der Waals surface area contributed by atoms with Gasteiger partial charge in [0.25, 0.3) is 0 Å². The number of fused-ring (bicyclic) bond motifs is 2. The number of hydrogen-bond acceptors (Lipinski definition) is 3. The predicted octanol–water partition coefficient (Wildman–Crippen LogP) is 1.27. The van der Waals surface area contributed by atoms with Crippen LogP contribution < -0.4 is 11.1 Å². The molecule has 2 bridgehead atoms. The van der Waals surface area contributed by atoms with Gasteiger partial charge in [-0.05, 0) is 50.4 Å². The van der Waals surface area contributed by atoms with E-state index in [1.165, 1.54) is 6.42 Å². The molecule has 0 radical (unpaired) electrons. The van der Waals surface area contributed by atoms with E-state index in [4.69, 9.17) is 5.73 Å². The van der Waals surface area contributed by atoms with Crippen molar-refractivity contribution in [2.45, 2.75) is 58.1 Å². The maximum Gasteiger partial charge on any atom is 0.225 e. The highest BCUT2D eigenvalue weighted by Crippen LogP contribution is 2.47. The van der Waals surface area contributed by atoms with Crippen molar-refractivity contribution < 1.29 is 9.90 Å². The van der Waals surface area contributed by atoms with Crippen LogP contribution in [-0.2, 0) is 4.79 Å². The number of carbonyl (C=O) groups excluding carboxylic acids is 1. The Kier molecular flexibility index (Phi) is 4.21. The number of hydrogen-bond donors (Lipinski definition) is 3. The van der Waals surface area contributed by atoms with Crippen LogP contribution in [0.25, 0.3) is 0 Å². The van der Waals surface area contributed by atoms with Gasteiger partial charge in [0, 0.05) is 12.6 Å². The molecular weight excluding hydrogens is 240 g/mol. The van der Waals surface area contributed by atoms with Crippen LogP contribution in [0.15, 0.2) is 0 Å². The van der Waals surface area contributed by atoms with Gasteiger partial charge in [0.15, 0.2) is 0 Å². The molecule has 5 atom stereocenters. The topological polar surface area (TPSA) is 75.3 Å². The molecule has 5 unspecified atom stereocenters. The van der Waals surface area contributed by atoms with Gasteiger partial charge in [-0.2, -0.15) is 0 Å². The van der Waals surface area contributed by atoms with E-state index in [1.54, 1.807) is 6.92 Å². The molecular formula is C15H28N2O2. The fourth-order valence-electron chi connectivity index (χ4n) is 4.07. The number of amides is 1. The molecule has 0 saturated heterocycles. The van der Waals surface area contributed by atoms with Crippen LogP contribution in [0.3, 0.4) is 0 Å². The van der Waals surface area contributed by atoms with Gasteiger partial charge >= 0.3 is 0 Å². The standard InChI is InChI=1S/C15H28N2O2/c1-9(2)7-15(3,19)8-17-14(18)12-10-4-5-11(6-10)13(12)16/h9-13,19H,4-8,16H2,1-3H3,(H,17,18). The number of rotatable bonds is 5. The number of nitrogens with one attached hydrogen (secondary N) is 1. The Morgan fingerprint density at radius 3 is 2.58 bits per heavy atom. The summed E-state index contributed by atoms with van der Waals surface area (Å²) in [6, 6.07) is 0.0220. The zero-order valence-corrected chi connectivity index (χ0v) is 12.4. The van der Waals surface area contributed by atoms with Gasteiger partial charge in [-0.15, -0.1) is 0 Å². The molecule has 4 heteroatoms. The zero-order valence-electron chi connectivity index (χ0n) is 12.4. The summed E-state index contributed by atoms with van der Waals surface area (Å²) in [6.45, 7) is 6.25. The fourth-order valence-corrected chi connectivity index (χ4v) is 4.07. The van der Waals surface area contributed by atoms with Crippen LogP contribution in [0.4, 0.5) is 0 Å². The highest BCUT2D eigenvalue weighted by atomic mass is 16.3. The van der Waals surface area contributed by atoms with E-state index < -0.39 is 5.60 Å². The van der Waals surface area contributed by atoms with Crippen molar-refractivity contribution in [1.82, 2.24) is 5.32 Å². The first kappa shape index (κ1) is 14.8. The van der Waals surface area contributed by atoms with Gasteiger partial charge in [0.05, 0.1) is 11.5 Å². The molecule has 1 amide bonds. The molecule has 2 aliphatic rings. The lowest BCUT2D eigenvalue weighted by molar-refractivity contribution is -0.128. The Bertz CT molecular complexity index is 339. The van der Waals surface area contributed by atoms with Crippen molar-refractivity contribution in [3.05, 3.63) is 0 Å². The van der Waals surface area contributed by atoms with Crippen LogP contribution >= 0.6 is 0 Å². The molecule has 4 N–H and O–H groups in total. The Labute approximate surface area is 116 Å². The van der Waals surface area contributed by atoms with Gasteiger partial charge < -0.3 is 16.2 Å². The summed E-state index contributed by atoms with van der Waals surface area (Å²) >= 11 is 0. The summed E-state index contributed by atoms with van der Waals surface area (Å²) in [5.74, 6) is 1.43. The van der Waals surface area contributed by atoms with Crippen molar-refractivity contribution >= 4 is 5.91 Å². The number of nitrogens with two attached hydrogens (primary N) is 1. The predicted molar refractivity (Wildman–Crippen MR) is 75.4 cm³/mol. The molecule has 0 spiro atoms. The minimum Gasteiger partial charge on any atom is -0.388 e. The second kappa shape index (κ2) is 5.41. The number of carbonyl (C=O) groups is 1. The SMILES string of the molecule is CC(C)CC(C)(O)CNC(=O)C1C2CCC(C2)C1N. The zero-order chi connectivity index (χ0) is 14.2. The van der Waals surface area contributed by atoms with E-state index in [0.717, 1.165) is 12.8 Å². The second-order valence-electron chi connectivity index (χ2n) is 7.25. The highest BCUT2D eigenvalue weighted by molar-refractivity contribution is 5.80. The smallest absolute Gasteiger partial charge is 0.225 e. The van der Waals surface area contributed by atoms with Crippen molar-refractivity contribution in [3.8, 4) is 0 Å². The van der Waals surface area contributed by atoms with Crippen LogP contribution in [-0.4, -0.2) is 29.2 Å². The molecule has 2 saturated carbocycles. The third-order valence-corrected chi connectivity index (χ3v) is 4.77. The molecule has 0 aromatic rings.